The van der Waals surface area contributed by atoms with Crippen LogP contribution in [-0.4, -0.2) is 56.8 Å². The molecular weight excluding hydrogens is 326 g/mol. The van der Waals surface area contributed by atoms with Gasteiger partial charge in [0.1, 0.15) is 0 Å². The van der Waals surface area contributed by atoms with E-state index in [0.29, 0.717) is 11.6 Å². The van der Waals surface area contributed by atoms with Gasteiger partial charge in [-0.2, -0.15) is 0 Å². The number of benzene rings is 1. The summed E-state index contributed by atoms with van der Waals surface area (Å²) < 4.78 is 25.5. The number of likely N-dealkylation sites (tertiary alicyclic amines) is 1. The number of hydrogen-bond acceptors (Lipinski definition) is 4. The Morgan fingerprint density at radius 2 is 2.08 bits per heavy atom. The van der Waals surface area contributed by atoms with Crippen LogP contribution in [0.3, 0.4) is 0 Å². The van der Waals surface area contributed by atoms with Gasteiger partial charge in [-0.25, -0.2) is 12.7 Å². The lowest BCUT2D eigenvalue weighted by Gasteiger charge is -2.34. The largest absolute Gasteiger partial charge is 0.325 e. The van der Waals surface area contributed by atoms with Crippen molar-refractivity contribution in [3.05, 3.63) is 24.3 Å². The molecule has 7 heteroatoms. The highest BCUT2D eigenvalue weighted by Crippen LogP contribution is 2.20. The molecule has 1 amide bonds. The first-order chi connectivity index (χ1) is 11.2. The number of rotatable bonds is 5. The zero-order valence-corrected chi connectivity index (χ0v) is 15.6. The van der Waals surface area contributed by atoms with Crippen LogP contribution in [0.5, 0.6) is 0 Å². The molecule has 0 saturated carbocycles. The fourth-order valence-electron chi connectivity index (χ4n) is 2.94. The van der Waals surface area contributed by atoms with E-state index in [1.54, 1.807) is 12.1 Å². The summed E-state index contributed by atoms with van der Waals surface area (Å²) in [5.41, 5.74) is 0.500. The van der Waals surface area contributed by atoms with Crippen molar-refractivity contribution in [3.8, 4) is 0 Å². The van der Waals surface area contributed by atoms with Gasteiger partial charge in [0.2, 0.25) is 15.9 Å². The Bertz CT molecular complexity index is 688. The average molecular weight is 353 g/mol. The second-order valence-electron chi connectivity index (χ2n) is 6.72. The maximum absolute atomic E-state index is 12.5. The lowest BCUT2D eigenvalue weighted by atomic mass is 9.99. The van der Waals surface area contributed by atoms with Gasteiger partial charge in [0.15, 0.2) is 0 Å². The van der Waals surface area contributed by atoms with Crippen molar-refractivity contribution >= 4 is 21.6 Å². The van der Waals surface area contributed by atoms with E-state index in [-0.39, 0.29) is 16.8 Å². The quantitative estimate of drug-likeness (QED) is 0.879. The van der Waals surface area contributed by atoms with Crippen molar-refractivity contribution in [2.75, 3.05) is 32.5 Å². The number of hydrogen-bond donors (Lipinski definition) is 1. The maximum atomic E-state index is 12.5. The first-order valence-corrected chi connectivity index (χ1v) is 9.73. The predicted octanol–water partition coefficient (Wildman–Crippen LogP) is 2.00. The average Bonchev–Trinajstić information content (AvgIpc) is 2.54. The molecule has 0 bridgehead atoms. The minimum atomic E-state index is -3.51. The fourth-order valence-corrected chi connectivity index (χ4v) is 3.88. The van der Waals surface area contributed by atoms with E-state index >= 15 is 0 Å². The number of amides is 1. The van der Waals surface area contributed by atoms with Gasteiger partial charge in [-0.05, 0) is 50.4 Å². The summed E-state index contributed by atoms with van der Waals surface area (Å²) in [5, 5.41) is 2.84. The summed E-state index contributed by atoms with van der Waals surface area (Å²) in [4.78, 5) is 14.9. The highest BCUT2D eigenvalue weighted by molar-refractivity contribution is 7.89. The second-order valence-corrected chi connectivity index (χ2v) is 8.87. The molecule has 2 atom stereocenters. The van der Waals surface area contributed by atoms with Crippen LogP contribution in [0.15, 0.2) is 29.2 Å². The number of anilines is 1. The van der Waals surface area contributed by atoms with E-state index < -0.39 is 10.0 Å². The summed E-state index contributed by atoms with van der Waals surface area (Å²) in [6, 6.07) is 6.14. The SMILES string of the molecule is C[C@@H]1CCCN([C@@H](C)C(=O)Nc2cccc(S(=O)(=O)N(C)C)c2)C1. The molecule has 1 aliphatic heterocycles. The van der Waals surface area contributed by atoms with Gasteiger partial charge in [-0.1, -0.05) is 13.0 Å². The van der Waals surface area contributed by atoms with E-state index in [1.165, 1.54) is 32.6 Å². The van der Waals surface area contributed by atoms with Crippen LogP contribution in [-0.2, 0) is 14.8 Å². The molecule has 1 N–H and O–H groups in total. The third kappa shape index (κ3) is 4.34. The zero-order valence-electron chi connectivity index (χ0n) is 14.8. The predicted molar refractivity (Wildman–Crippen MR) is 95.4 cm³/mol. The zero-order chi connectivity index (χ0) is 17.9. The smallest absolute Gasteiger partial charge is 0.242 e. The van der Waals surface area contributed by atoms with Gasteiger partial charge in [0.05, 0.1) is 10.9 Å². The van der Waals surface area contributed by atoms with Crippen molar-refractivity contribution in [1.29, 1.82) is 0 Å². The molecule has 24 heavy (non-hydrogen) atoms. The Morgan fingerprint density at radius 3 is 2.71 bits per heavy atom. The molecular formula is C17H27N3O3S. The summed E-state index contributed by atoms with van der Waals surface area (Å²) >= 11 is 0. The fraction of sp³-hybridized carbons (Fsp3) is 0.588. The number of nitrogens with zero attached hydrogens (tertiary/aromatic N) is 2. The topological polar surface area (TPSA) is 69.7 Å². The van der Waals surface area contributed by atoms with E-state index in [9.17, 15) is 13.2 Å². The molecule has 1 heterocycles. The Hall–Kier alpha value is -1.44. The molecule has 0 unspecified atom stereocenters. The minimum Gasteiger partial charge on any atom is -0.325 e. The molecule has 1 aliphatic rings. The molecule has 2 rings (SSSR count). The van der Waals surface area contributed by atoms with Gasteiger partial charge < -0.3 is 5.32 Å². The van der Waals surface area contributed by atoms with Crippen LogP contribution in [0.4, 0.5) is 5.69 Å². The Labute approximate surface area is 144 Å². The number of piperidine rings is 1. The van der Waals surface area contributed by atoms with Crippen LogP contribution in [0, 0.1) is 5.92 Å². The lowest BCUT2D eigenvalue weighted by molar-refractivity contribution is -0.121. The molecule has 1 aromatic carbocycles. The van der Waals surface area contributed by atoms with Crippen molar-refractivity contribution in [2.45, 2.75) is 37.6 Å². The van der Waals surface area contributed by atoms with Crippen LogP contribution in [0.1, 0.15) is 26.7 Å². The highest BCUT2D eigenvalue weighted by atomic mass is 32.2. The van der Waals surface area contributed by atoms with Crippen LogP contribution in [0.25, 0.3) is 0 Å². The molecule has 0 spiro atoms. The Balaban J connectivity index is 2.09. The van der Waals surface area contributed by atoms with E-state index in [0.717, 1.165) is 23.8 Å². The normalized spacial score (nSPS) is 20.8. The maximum Gasteiger partial charge on any atom is 0.242 e. The molecule has 0 radical (unpaired) electrons. The summed E-state index contributed by atoms with van der Waals surface area (Å²) in [6.07, 6.45) is 2.31. The third-order valence-corrected chi connectivity index (χ3v) is 6.31. The molecule has 6 nitrogen and oxygen atoms in total. The van der Waals surface area contributed by atoms with Crippen LogP contribution >= 0.6 is 0 Å². The summed E-state index contributed by atoms with van der Waals surface area (Å²) in [7, 11) is -0.539. The minimum absolute atomic E-state index is 0.108. The van der Waals surface area contributed by atoms with E-state index in [4.69, 9.17) is 0 Å². The number of sulfonamides is 1. The first kappa shape index (κ1) is 18.9. The van der Waals surface area contributed by atoms with Gasteiger partial charge in [0.25, 0.3) is 0 Å². The number of carbonyl (C=O) groups excluding carboxylic acids is 1. The van der Waals surface area contributed by atoms with Crippen LogP contribution in [0.2, 0.25) is 0 Å². The van der Waals surface area contributed by atoms with Crippen LogP contribution < -0.4 is 5.32 Å². The van der Waals surface area contributed by atoms with Gasteiger partial charge in [-0.15, -0.1) is 0 Å². The highest BCUT2D eigenvalue weighted by Gasteiger charge is 2.26. The summed E-state index contributed by atoms with van der Waals surface area (Å²) in [5.74, 6) is 0.492. The van der Waals surface area contributed by atoms with Gasteiger partial charge in [0, 0.05) is 26.3 Å². The lowest BCUT2D eigenvalue weighted by Crippen LogP contribution is -2.46. The first-order valence-electron chi connectivity index (χ1n) is 8.29. The second kappa shape index (κ2) is 7.63. The molecule has 1 saturated heterocycles. The van der Waals surface area contributed by atoms with E-state index in [1.807, 2.05) is 6.92 Å². The third-order valence-electron chi connectivity index (χ3n) is 4.50. The molecule has 0 aliphatic carbocycles. The molecule has 134 valence electrons. The monoisotopic (exact) mass is 353 g/mol. The van der Waals surface area contributed by atoms with Crippen molar-refractivity contribution in [1.82, 2.24) is 9.21 Å². The van der Waals surface area contributed by atoms with Gasteiger partial charge in [-0.3, -0.25) is 9.69 Å². The summed E-state index contributed by atoms with van der Waals surface area (Å²) in [6.45, 7) is 5.94. The standard InChI is InChI=1S/C17H27N3O3S/c1-13-7-6-10-20(12-13)14(2)17(21)18-15-8-5-9-16(11-15)24(22,23)19(3)4/h5,8-9,11,13-14H,6-7,10,12H2,1-4H3,(H,18,21)/t13-,14+/m1/s1. The number of carbonyl (C=O) groups is 1. The van der Waals surface area contributed by atoms with Crippen molar-refractivity contribution in [2.24, 2.45) is 5.92 Å². The van der Waals surface area contributed by atoms with Crippen molar-refractivity contribution in [3.63, 3.8) is 0 Å². The molecule has 1 fully saturated rings. The van der Waals surface area contributed by atoms with Crippen molar-refractivity contribution < 1.29 is 13.2 Å². The Kier molecular flexibility index (Phi) is 6.01. The van der Waals surface area contributed by atoms with E-state index in [2.05, 4.69) is 17.1 Å². The molecule has 1 aromatic rings. The Morgan fingerprint density at radius 1 is 1.38 bits per heavy atom. The molecule has 0 aromatic heterocycles. The van der Waals surface area contributed by atoms with Gasteiger partial charge >= 0.3 is 0 Å². The number of nitrogens with one attached hydrogen (secondary N) is 1.